The van der Waals surface area contributed by atoms with Gasteiger partial charge in [0.1, 0.15) is 0 Å². The number of aromatic nitrogens is 1. The van der Waals surface area contributed by atoms with Crippen molar-refractivity contribution in [3.8, 4) is 0 Å². The molecule has 1 atom stereocenters. The average Bonchev–Trinajstić information content (AvgIpc) is 3.07. The number of hydrogen-bond donors (Lipinski definition) is 2. The number of methoxy groups -OCH3 is 1. The van der Waals surface area contributed by atoms with Gasteiger partial charge in [-0.05, 0) is 30.5 Å². The molecule has 1 amide bonds. The quantitative estimate of drug-likeness (QED) is 0.600. The lowest BCUT2D eigenvalue weighted by Crippen LogP contribution is -2.27. The monoisotopic (exact) mass is 350 g/mol. The number of aromatic amines is 1. The van der Waals surface area contributed by atoms with E-state index in [4.69, 9.17) is 4.74 Å². The molecule has 0 saturated heterocycles. The lowest BCUT2D eigenvalue weighted by atomic mass is 9.87. The molecule has 26 heavy (non-hydrogen) atoms. The first-order chi connectivity index (χ1) is 12.7. The number of carbonyl (C=O) groups excluding carboxylic acids is 1. The third-order valence-corrected chi connectivity index (χ3v) is 4.68. The highest BCUT2D eigenvalue weighted by Gasteiger charge is 2.21. The number of fused-ring (bicyclic) bond motifs is 1. The number of benzene rings is 2. The maximum absolute atomic E-state index is 12.5. The molecule has 2 aromatic carbocycles. The molecule has 0 radical (unpaired) electrons. The summed E-state index contributed by atoms with van der Waals surface area (Å²) in [6.07, 6.45) is 3.29. The highest BCUT2D eigenvalue weighted by atomic mass is 16.5. The fourth-order valence-electron chi connectivity index (χ4n) is 3.38. The van der Waals surface area contributed by atoms with Crippen molar-refractivity contribution >= 4 is 16.8 Å². The summed E-state index contributed by atoms with van der Waals surface area (Å²) in [5, 5.41) is 4.19. The van der Waals surface area contributed by atoms with Crippen molar-refractivity contribution in [1.82, 2.24) is 10.3 Å². The van der Waals surface area contributed by atoms with Gasteiger partial charge in [0.05, 0.1) is 0 Å². The van der Waals surface area contributed by atoms with Crippen molar-refractivity contribution in [2.75, 3.05) is 20.3 Å². The van der Waals surface area contributed by atoms with Crippen molar-refractivity contribution in [1.29, 1.82) is 0 Å². The zero-order valence-electron chi connectivity index (χ0n) is 15.4. The van der Waals surface area contributed by atoms with Gasteiger partial charge in [-0.25, -0.2) is 0 Å². The second-order valence-corrected chi connectivity index (χ2v) is 6.66. The Balaban J connectivity index is 1.86. The van der Waals surface area contributed by atoms with E-state index in [0.29, 0.717) is 19.6 Å². The number of nitrogens with one attached hydrogen (secondary N) is 2. The lowest BCUT2D eigenvalue weighted by Gasteiger charge is -2.18. The smallest absolute Gasteiger partial charge is 0.220 e. The van der Waals surface area contributed by atoms with Gasteiger partial charge in [-0.15, -0.1) is 0 Å². The number of carbonyl (C=O) groups is 1. The molecule has 3 aromatic rings. The van der Waals surface area contributed by atoms with Gasteiger partial charge in [0.25, 0.3) is 0 Å². The number of aryl methyl sites for hydroxylation is 1. The van der Waals surface area contributed by atoms with Gasteiger partial charge in [-0.1, -0.05) is 48.0 Å². The number of H-pyrrole nitrogens is 1. The summed E-state index contributed by atoms with van der Waals surface area (Å²) in [5.41, 5.74) is 4.63. The zero-order chi connectivity index (χ0) is 18.4. The number of hydrogen-bond acceptors (Lipinski definition) is 2. The van der Waals surface area contributed by atoms with Crippen molar-refractivity contribution < 1.29 is 9.53 Å². The van der Waals surface area contributed by atoms with Crippen molar-refractivity contribution in [3.05, 3.63) is 71.4 Å². The largest absolute Gasteiger partial charge is 0.385 e. The van der Waals surface area contributed by atoms with Gasteiger partial charge in [0.2, 0.25) is 5.91 Å². The van der Waals surface area contributed by atoms with E-state index in [0.717, 1.165) is 11.9 Å². The van der Waals surface area contributed by atoms with Gasteiger partial charge < -0.3 is 15.0 Å². The fraction of sp³-hybridized carbons (Fsp3) is 0.318. The predicted molar refractivity (Wildman–Crippen MR) is 105 cm³/mol. The topological polar surface area (TPSA) is 54.1 Å². The Bertz CT molecular complexity index is 869. The highest BCUT2D eigenvalue weighted by Crippen LogP contribution is 2.33. The minimum atomic E-state index is 0.0217. The molecule has 136 valence electrons. The van der Waals surface area contributed by atoms with E-state index in [-0.39, 0.29) is 11.8 Å². The Hall–Kier alpha value is -2.59. The summed E-state index contributed by atoms with van der Waals surface area (Å²) in [7, 11) is 1.67. The molecule has 4 heteroatoms. The second-order valence-electron chi connectivity index (χ2n) is 6.66. The van der Waals surface area contributed by atoms with Crippen molar-refractivity contribution in [3.63, 3.8) is 0 Å². The Kier molecular flexibility index (Phi) is 6.08. The maximum Gasteiger partial charge on any atom is 0.220 e. The third kappa shape index (κ3) is 4.33. The van der Waals surface area contributed by atoms with Crippen molar-refractivity contribution in [2.45, 2.75) is 25.7 Å². The van der Waals surface area contributed by atoms with Gasteiger partial charge in [0, 0.05) is 49.7 Å². The third-order valence-electron chi connectivity index (χ3n) is 4.68. The van der Waals surface area contributed by atoms with Gasteiger partial charge in [-0.2, -0.15) is 0 Å². The highest BCUT2D eigenvalue weighted by molar-refractivity contribution is 5.86. The molecule has 0 bridgehead atoms. The molecule has 1 heterocycles. The average molecular weight is 350 g/mol. The van der Waals surface area contributed by atoms with E-state index < -0.39 is 0 Å². The van der Waals surface area contributed by atoms with E-state index in [1.54, 1.807) is 7.11 Å². The van der Waals surface area contributed by atoms with E-state index >= 15 is 0 Å². The summed E-state index contributed by atoms with van der Waals surface area (Å²) >= 11 is 0. The molecule has 0 aliphatic heterocycles. The molecule has 4 nitrogen and oxygen atoms in total. The van der Waals surface area contributed by atoms with Crippen LogP contribution in [0.4, 0.5) is 0 Å². The number of rotatable bonds is 8. The summed E-state index contributed by atoms with van der Waals surface area (Å²) in [6.45, 7) is 3.38. The molecule has 3 rings (SSSR count). The minimum Gasteiger partial charge on any atom is -0.385 e. The summed E-state index contributed by atoms with van der Waals surface area (Å²) in [5.74, 6) is 0.0892. The molecule has 1 aromatic heterocycles. The Morgan fingerprint density at radius 2 is 2.04 bits per heavy atom. The van der Waals surface area contributed by atoms with Crippen LogP contribution in [0.15, 0.2) is 54.7 Å². The summed E-state index contributed by atoms with van der Waals surface area (Å²) < 4.78 is 5.04. The van der Waals surface area contributed by atoms with Gasteiger partial charge in [0.15, 0.2) is 0 Å². The Labute approximate surface area is 154 Å². The van der Waals surface area contributed by atoms with Crippen LogP contribution in [0, 0.1) is 6.92 Å². The van der Waals surface area contributed by atoms with Crippen LogP contribution in [0.2, 0.25) is 0 Å². The standard InChI is InChI=1S/C22H26N2O2/c1-16-7-5-8-17(13-16)19(14-22(25)23-11-6-12-26-2)20-15-24-21-10-4-3-9-18(20)21/h3-5,7-10,13,15,19,24H,6,11-12,14H2,1-2H3,(H,23,25). The Morgan fingerprint density at radius 3 is 2.85 bits per heavy atom. The predicted octanol–water partition coefficient (Wildman–Crippen LogP) is 4.15. The van der Waals surface area contributed by atoms with Crippen LogP contribution in [-0.2, 0) is 9.53 Å². The number of amides is 1. The molecule has 1 unspecified atom stereocenters. The second kappa shape index (κ2) is 8.68. The molecule has 0 aliphatic carbocycles. The van der Waals surface area contributed by atoms with Crippen LogP contribution in [0.1, 0.15) is 35.4 Å². The van der Waals surface area contributed by atoms with Crippen LogP contribution in [0.25, 0.3) is 10.9 Å². The molecular formula is C22H26N2O2. The molecule has 0 spiro atoms. The van der Waals surface area contributed by atoms with Crippen LogP contribution < -0.4 is 5.32 Å². The first kappa shape index (κ1) is 18.2. The van der Waals surface area contributed by atoms with Gasteiger partial charge >= 0.3 is 0 Å². The number of ether oxygens (including phenoxy) is 1. The lowest BCUT2D eigenvalue weighted by molar-refractivity contribution is -0.121. The molecule has 0 fully saturated rings. The number of para-hydroxylation sites is 1. The minimum absolute atomic E-state index is 0.0217. The Morgan fingerprint density at radius 1 is 1.19 bits per heavy atom. The van der Waals surface area contributed by atoms with Gasteiger partial charge in [-0.3, -0.25) is 4.79 Å². The first-order valence-corrected chi connectivity index (χ1v) is 9.07. The van der Waals surface area contributed by atoms with Crippen LogP contribution in [0.3, 0.4) is 0 Å². The van der Waals surface area contributed by atoms with E-state index in [1.165, 1.54) is 22.1 Å². The molecule has 0 saturated carbocycles. The van der Waals surface area contributed by atoms with Crippen LogP contribution >= 0.6 is 0 Å². The zero-order valence-corrected chi connectivity index (χ0v) is 15.4. The van der Waals surface area contributed by atoms with Crippen LogP contribution in [-0.4, -0.2) is 31.2 Å². The maximum atomic E-state index is 12.5. The van der Waals surface area contributed by atoms with Crippen molar-refractivity contribution in [2.24, 2.45) is 0 Å². The SMILES string of the molecule is COCCCNC(=O)CC(c1cccc(C)c1)c1c[nH]c2ccccc12. The van der Waals surface area contributed by atoms with Crippen LogP contribution in [0.5, 0.6) is 0 Å². The van der Waals surface area contributed by atoms with E-state index in [9.17, 15) is 4.79 Å². The van der Waals surface area contributed by atoms with E-state index in [2.05, 4.69) is 53.6 Å². The summed E-state index contributed by atoms with van der Waals surface area (Å²) in [6, 6.07) is 16.7. The normalized spacial score (nSPS) is 12.2. The molecule has 2 N–H and O–H groups in total. The van der Waals surface area contributed by atoms with E-state index in [1.807, 2.05) is 18.3 Å². The molecule has 0 aliphatic rings. The fourth-order valence-corrected chi connectivity index (χ4v) is 3.38. The molecular weight excluding hydrogens is 324 g/mol. The summed E-state index contributed by atoms with van der Waals surface area (Å²) in [4.78, 5) is 15.9. The first-order valence-electron chi connectivity index (χ1n) is 9.07.